The summed E-state index contributed by atoms with van der Waals surface area (Å²) in [4.78, 5) is 0. The van der Waals surface area contributed by atoms with Crippen LogP contribution in [0.4, 0.5) is 0 Å². The number of nitrogens with zero attached hydrogens (tertiary/aromatic N) is 1. The van der Waals surface area contributed by atoms with Crippen LogP contribution in [0.15, 0.2) is 12.2 Å². The van der Waals surface area contributed by atoms with Crippen LogP contribution in [0, 0.1) is 11.3 Å². The van der Waals surface area contributed by atoms with E-state index in [1.165, 1.54) is 0 Å². The first-order valence-corrected chi connectivity index (χ1v) is 7.91. The second-order valence-electron chi connectivity index (χ2n) is 3.44. The maximum absolute atomic E-state index is 8.90. The monoisotopic (exact) mass is 211 g/mol. The van der Waals surface area contributed by atoms with Gasteiger partial charge in [0.25, 0.3) is 0 Å². The molecule has 0 fully saturated rings. The Kier molecular flexibility index (Phi) is 6.51. The summed E-state index contributed by atoms with van der Waals surface area (Å²) < 4.78 is 5.97. The summed E-state index contributed by atoms with van der Waals surface area (Å²) in [6.07, 6.45) is 3.38. The Hall–Kier alpha value is -0.593. The summed E-state index contributed by atoms with van der Waals surface area (Å²) in [5, 5.41) is 8.90. The molecule has 0 saturated carbocycles. The van der Waals surface area contributed by atoms with Gasteiger partial charge in [-0.3, -0.25) is 0 Å². The molecule has 0 spiro atoms. The summed E-state index contributed by atoms with van der Waals surface area (Å²) in [6.45, 7) is 8.43. The van der Waals surface area contributed by atoms with Crippen LogP contribution >= 0.6 is 0 Å². The van der Waals surface area contributed by atoms with Crippen molar-refractivity contribution < 1.29 is 4.43 Å². The minimum absolute atomic E-state index is 0.341. The Morgan fingerprint density at radius 1 is 1.29 bits per heavy atom. The van der Waals surface area contributed by atoms with E-state index in [0.717, 1.165) is 18.1 Å². The number of allylic oxidation sites excluding steroid dienone is 1. The molecule has 0 aliphatic rings. The van der Waals surface area contributed by atoms with Gasteiger partial charge in [0.2, 0.25) is 0 Å². The van der Waals surface area contributed by atoms with Crippen LogP contribution in [0.3, 0.4) is 0 Å². The van der Waals surface area contributed by atoms with Gasteiger partial charge in [-0.15, -0.1) is 0 Å². The Morgan fingerprint density at radius 2 is 1.79 bits per heavy atom. The highest BCUT2D eigenvalue weighted by Crippen LogP contribution is 2.23. The van der Waals surface area contributed by atoms with Crippen molar-refractivity contribution in [3.63, 3.8) is 0 Å². The van der Waals surface area contributed by atoms with E-state index < -0.39 is 8.32 Å². The van der Waals surface area contributed by atoms with Crippen LogP contribution in [0.25, 0.3) is 0 Å². The average molecular weight is 211 g/mol. The minimum atomic E-state index is -1.61. The zero-order valence-corrected chi connectivity index (χ0v) is 10.7. The van der Waals surface area contributed by atoms with Gasteiger partial charge in [0, 0.05) is 0 Å². The standard InChI is InChI=1S/C11H21NOSi/c1-5-9-11(10-12)13-14(6-2,7-3)8-4/h5,9,11H,6-8H2,1-4H3/b9-5+. The first-order valence-electron chi connectivity index (χ1n) is 5.38. The number of hydrogen-bond acceptors (Lipinski definition) is 2. The highest BCUT2D eigenvalue weighted by atomic mass is 28.4. The predicted octanol–water partition coefficient (Wildman–Crippen LogP) is 3.48. The number of rotatable bonds is 6. The molecule has 0 radical (unpaired) electrons. The van der Waals surface area contributed by atoms with Crippen LogP contribution in [0.2, 0.25) is 18.1 Å². The van der Waals surface area contributed by atoms with Gasteiger partial charge in [0.15, 0.2) is 14.4 Å². The normalized spacial score (nSPS) is 14.2. The third kappa shape index (κ3) is 3.65. The molecule has 0 bridgehead atoms. The molecule has 2 nitrogen and oxygen atoms in total. The van der Waals surface area contributed by atoms with Crippen molar-refractivity contribution >= 4 is 8.32 Å². The molecule has 0 heterocycles. The van der Waals surface area contributed by atoms with Crippen LogP contribution in [-0.2, 0) is 4.43 Å². The van der Waals surface area contributed by atoms with E-state index in [4.69, 9.17) is 9.69 Å². The van der Waals surface area contributed by atoms with Gasteiger partial charge >= 0.3 is 0 Å². The molecule has 0 amide bonds. The molecular weight excluding hydrogens is 190 g/mol. The summed E-state index contributed by atoms with van der Waals surface area (Å²) in [6, 6.07) is 5.47. The lowest BCUT2D eigenvalue weighted by atomic mass is 10.4. The Labute approximate surface area is 88.7 Å². The third-order valence-electron chi connectivity index (χ3n) is 2.80. The van der Waals surface area contributed by atoms with Gasteiger partial charge in [0.1, 0.15) is 0 Å². The smallest absolute Gasteiger partial charge is 0.194 e. The van der Waals surface area contributed by atoms with Gasteiger partial charge < -0.3 is 4.43 Å². The van der Waals surface area contributed by atoms with Crippen LogP contribution in [0.5, 0.6) is 0 Å². The zero-order valence-electron chi connectivity index (χ0n) is 9.71. The second-order valence-corrected chi connectivity index (χ2v) is 8.16. The first-order chi connectivity index (χ1) is 6.67. The van der Waals surface area contributed by atoms with E-state index in [-0.39, 0.29) is 6.10 Å². The molecule has 0 aliphatic carbocycles. The molecular formula is C11H21NOSi. The minimum Gasteiger partial charge on any atom is -0.398 e. The quantitative estimate of drug-likeness (QED) is 0.498. The summed E-state index contributed by atoms with van der Waals surface area (Å²) >= 11 is 0. The van der Waals surface area contributed by atoms with E-state index in [1.54, 1.807) is 0 Å². The van der Waals surface area contributed by atoms with E-state index >= 15 is 0 Å². The fourth-order valence-electron chi connectivity index (χ4n) is 1.55. The summed E-state index contributed by atoms with van der Waals surface area (Å²) in [5.41, 5.74) is 0. The molecule has 1 atom stereocenters. The molecule has 0 rings (SSSR count). The topological polar surface area (TPSA) is 33.0 Å². The van der Waals surface area contributed by atoms with Crippen LogP contribution < -0.4 is 0 Å². The maximum atomic E-state index is 8.90. The lowest BCUT2D eigenvalue weighted by molar-refractivity contribution is 0.284. The fraction of sp³-hybridized carbons (Fsp3) is 0.727. The van der Waals surface area contributed by atoms with Crippen molar-refractivity contribution in [2.75, 3.05) is 0 Å². The Bertz CT molecular complexity index is 208. The maximum Gasteiger partial charge on any atom is 0.194 e. The molecule has 14 heavy (non-hydrogen) atoms. The van der Waals surface area contributed by atoms with Gasteiger partial charge in [0.05, 0.1) is 6.07 Å². The Morgan fingerprint density at radius 3 is 2.07 bits per heavy atom. The summed E-state index contributed by atoms with van der Waals surface area (Å²) in [5.74, 6) is 0. The lowest BCUT2D eigenvalue weighted by Gasteiger charge is -2.29. The molecule has 1 unspecified atom stereocenters. The highest BCUT2D eigenvalue weighted by molar-refractivity contribution is 6.73. The summed E-state index contributed by atoms with van der Waals surface area (Å²) in [7, 11) is -1.61. The second kappa shape index (κ2) is 6.80. The molecule has 0 aromatic heterocycles. The lowest BCUT2D eigenvalue weighted by Crippen LogP contribution is -2.38. The van der Waals surface area contributed by atoms with Crippen molar-refractivity contribution in [1.29, 1.82) is 5.26 Å². The van der Waals surface area contributed by atoms with E-state index in [9.17, 15) is 0 Å². The zero-order chi connectivity index (χ0) is 11.0. The van der Waals surface area contributed by atoms with Crippen molar-refractivity contribution in [3.05, 3.63) is 12.2 Å². The third-order valence-corrected chi connectivity index (χ3v) is 7.42. The van der Waals surface area contributed by atoms with Crippen molar-refractivity contribution in [2.24, 2.45) is 0 Å². The number of hydrogen-bond donors (Lipinski definition) is 0. The van der Waals surface area contributed by atoms with Gasteiger partial charge in [-0.1, -0.05) is 26.8 Å². The first kappa shape index (κ1) is 13.4. The molecule has 0 aromatic carbocycles. The van der Waals surface area contributed by atoms with Crippen LogP contribution in [0.1, 0.15) is 27.7 Å². The molecule has 0 aromatic rings. The average Bonchev–Trinajstić information content (AvgIpc) is 2.25. The van der Waals surface area contributed by atoms with E-state index in [0.29, 0.717) is 0 Å². The van der Waals surface area contributed by atoms with Crippen molar-refractivity contribution in [3.8, 4) is 6.07 Å². The molecule has 0 N–H and O–H groups in total. The predicted molar refractivity (Wildman–Crippen MR) is 62.5 cm³/mol. The van der Waals surface area contributed by atoms with Gasteiger partial charge in [-0.2, -0.15) is 5.26 Å². The fourth-order valence-corrected chi connectivity index (χ4v) is 4.22. The molecule has 3 heteroatoms. The van der Waals surface area contributed by atoms with Crippen LogP contribution in [-0.4, -0.2) is 14.4 Å². The SMILES string of the molecule is C/C=C/C(C#N)O[Si](CC)(CC)CC. The van der Waals surface area contributed by atoms with Gasteiger partial charge in [-0.05, 0) is 31.1 Å². The largest absolute Gasteiger partial charge is 0.398 e. The molecule has 0 saturated heterocycles. The Balaban J connectivity index is 4.49. The molecule has 80 valence electrons. The van der Waals surface area contributed by atoms with Crippen molar-refractivity contribution in [1.82, 2.24) is 0 Å². The van der Waals surface area contributed by atoms with Gasteiger partial charge in [-0.25, -0.2) is 0 Å². The highest BCUT2D eigenvalue weighted by Gasteiger charge is 2.31. The van der Waals surface area contributed by atoms with Crippen molar-refractivity contribution in [2.45, 2.75) is 51.9 Å². The molecule has 0 aliphatic heterocycles. The number of nitriles is 1. The van der Waals surface area contributed by atoms with E-state index in [2.05, 4.69) is 26.8 Å². The van der Waals surface area contributed by atoms with E-state index in [1.807, 2.05) is 19.1 Å².